The molecule has 1 amide bonds. The van der Waals surface area contributed by atoms with Gasteiger partial charge in [-0.25, -0.2) is 9.48 Å². The molecule has 1 N–H and O–H groups in total. The van der Waals surface area contributed by atoms with E-state index in [-0.39, 0.29) is 5.91 Å². The van der Waals surface area contributed by atoms with Gasteiger partial charge in [-0.3, -0.25) is 4.79 Å². The van der Waals surface area contributed by atoms with Crippen molar-refractivity contribution in [2.24, 2.45) is 0 Å². The van der Waals surface area contributed by atoms with Gasteiger partial charge in [0.2, 0.25) is 0 Å². The summed E-state index contributed by atoms with van der Waals surface area (Å²) in [6.07, 6.45) is 4.93. The molecule has 1 aromatic carbocycles. The van der Waals surface area contributed by atoms with Crippen LogP contribution in [-0.2, 0) is 17.6 Å². The third-order valence-electron chi connectivity index (χ3n) is 5.18. The molecule has 1 fully saturated rings. The number of hydrogen-bond acceptors (Lipinski definition) is 3. The minimum atomic E-state index is -0.924. The van der Waals surface area contributed by atoms with Gasteiger partial charge in [-0.2, -0.15) is 5.10 Å². The van der Waals surface area contributed by atoms with E-state index in [1.807, 2.05) is 35.0 Å². The monoisotopic (exact) mass is 339 g/mol. The molecule has 1 aliphatic carbocycles. The Bertz CT molecular complexity index is 813. The molecule has 0 bridgehead atoms. The van der Waals surface area contributed by atoms with Gasteiger partial charge in [0.25, 0.3) is 5.91 Å². The van der Waals surface area contributed by atoms with Crippen LogP contribution in [0.4, 0.5) is 0 Å². The molecule has 1 aliphatic heterocycles. The van der Waals surface area contributed by atoms with Gasteiger partial charge in [-0.15, -0.1) is 0 Å². The smallest absolute Gasteiger partial charge is 0.326 e. The van der Waals surface area contributed by atoms with Crippen molar-refractivity contribution in [1.82, 2.24) is 14.7 Å². The number of para-hydroxylation sites is 1. The van der Waals surface area contributed by atoms with E-state index in [1.165, 1.54) is 4.90 Å². The fourth-order valence-corrected chi connectivity index (χ4v) is 3.96. The highest BCUT2D eigenvalue weighted by Gasteiger charge is 2.36. The van der Waals surface area contributed by atoms with E-state index in [4.69, 9.17) is 0 Å². The number of rotatable bonds is 3. The van der Waals surface area contributed by atoms with Crippen LogP contribution < -0.4 is 0 Å². The largest absolute Gasteiger partial charge is 0.480 e. The summed E-state index contributed by atoms with van der Waals surface area (Å²) in [5.74, 6) is -1.16. The molecule has 0 radical (unpaired) electrons. The zero-order valence-electron chi connectivity index (χ0n) is 14.0. The summed E-state index contributed by atoms with van der Waals surface area (Å²) in [6, 6.07) is 9.06. The van der Waals surface area contributed by atoms with Crippen LogP contribution in [0.1, 0.15) is 47.4 Å². The Balaban J connectivity index is 1.73. The molecule has 1 atom stereocenters. The number of aliphatic carboxylic acids is 1. The summed E-state index contributed by atoms with van der Waals surface area (Å²) >= 11 is 0. The van der Waals surface area contributed by atoms with E-state index in [0.717, 1.165) is 49.0 Å². The lowest BCUT2D eigenvalue weighted by Crippen LogP contribution is -2.48. The highest BCUT2D eigenvalue weighted by atomic mass is 16.4. The van der Waals surface area contributed by atoms with E-state index in [1.54, 1.807) is 0 Å². The zero-order valence-corrected chi connectivity index (χ0v) is 14.0. The molecule has 6 heteroatoms. The first-order chi connectivity index (χ1) is 12.2. The Labute approximate surface area is 146 Å². The van der Waals surface area contributed by atoms with Gasteiger partial charge in [-0.1, -0.05) is 18.2 Å². The van der Waals surface area contributed by atoms with Gasteiger partial charge in [0.05, 0.1) is 5.69 Å². The van der Waals surface area contributed by atoms with Gasteiger partial charge < -0.3 is 10.0 Å². The first-order valence-corrected chi connectivity index (χ1v) is 8.87. The van der Waals surface area contributed by atoms with Crippen molar-refractivity contribution < 1.29 is 14.7 Å². The normalized spacial score (nSPS) is 19.7. The second-order valence-electron chi connectivity index (χ2n) is 6.72. The third kappa shape index (κ3) is 2.71. The third-order valence-corrected chi connectivity index (χ3v) is 5.18. The standard InChI is InChI=1S/C19H21N3O3/c23-18(21-12-5-4-10-16(21)19(24)25)17-14-9-6-11-15(14)22(20-17)13-7-2-1-3-8-13/h1-3,7-8,16H,4-6,9-12H2,(H,24,25). The van der Waals surface area contributed by atoms with Crippen LogP contribution in [0.5, 0.6) is 0 Å². The van der Waals surface area contributed by atoms with Crippen molar-refractivity contribution in [2.75, 3.05) is 6.54 Å². The Morgan fingerprint density at radius 2 is 1.88 bits per heavy atom. The summed E-state index contributed by atoms with van der Waals surface area (Å²) in [6.45, 7) is 0.489. The second-order valence-corrected chi connectivity index (χ2v) is 6.72. The summed E-state index contributed by atoms with van der Waals surface area (Å²) in [5.41, 5.74) is 3.44. The number of carbonyl (C=O) groups is 2. The quantitative estimate of drug-likeness (QED) is 0.932. The van der Waals surface area contributed by atoms with Gasteiger partial charge in [0, 0.05) is 17.8 Å². The number of hydrogen-bond donors (Lipinski definition) is 1. The van der Waals surface area contributed by atoms with Gasteiger partial charge >= 0.3 is 5.97 Å². The lowest BCUT2D eigenvalue weighted by atomic mass is 10.0. The molecule has 1 saturated heterocycles. The first-order valence-electron chi connectivity index (χ1n) is 8.87. The number of amides is 1. The number of piperidine rings is 1. The molecule has 25 heavy (non-hydrogen) atoms. The number of aromatic nitrogens is 2. The maximum Gasteiger partial charge on any atom is 0.326 e. The predicted molar refractivity (Wildman–Crippen MR) is 91.9 cm³/mol. The molecule has 2 heterocycles. The van der Waals surface area contributed by atoms with Crippen LogP contribution >= 0.6 is 0 Å². The lowest BCUT2D eigenvalue weighted by Gasteiger charge is -2.32. The van der Waals surface area contributed by atoms with Gasteiger partial charge in [0.1, 0.15) is 6.04 Å². The number of carboxylic acids is 1. The summed E-state index contributed by atoms with van der Waals surface area (Å²) in [7, 11) is 0. The number of benzene rings is 1. The molecule has 0 saturated carbocycles. The van der Waals surface area contributed by atoms with Crippen molar-refractivity contribution in [3.63, 3.8) is 0 Å². The summed E-state index contributed by atoms with van der Waals surface area (Å²) < 4.78 is 1.86. The molecule has 1 unspecified atom stereocenters. The Kier molecular flexibility index (Phi) is 4.03. The SMILES string of the molecule is O=C(O)C1CCCCN1C(=O)c1nn(-c2ccccc2)c2c1CCC2. The highest BCUT2D eigenvalue weighted by molar-refractivity contribution is 5.96. The number of carbonyl (C=O) groups excluding carboxylic acids is 1. The van der Waals surface area contributed by atoms with Crippen molar-refractivity contribution in [3.8, 4) is 5.69 Å². The Morgan fingerprint density at radius 1 is 1.08 bits per heavy atom. The van der Waals surface area contributed by atoms with Crippen LogP contribution in [0.3, 0.4) is 0 Å². The molecule has 1 aromatic heterocycles. The maximum absolute atomic E-state index is 13.1. The fourth-order valence-electron chi connectivity index (χ4n) is 3.96. The molecule has 0 spiro atoms. The van der Waals surface area contributed by atoms with Crippen LogP contribution in [-0.4, -0.2) is 44.3 Å². The molecule has 2 aromatic rings. The number of likely N-dealkylation sites (tertiary alicyclic amines) is 1. The average Bonchev–Trinajstić information content (AvgIpc) is 3.24. The molecule has 130 valence electrons. The number of fused-ring (bicyclic) bond motifs is 1. The maximum atomic E-state index is 13.1. The molecular formula is C19H21N3O3. The Hall–Kier alpha value is -2.63. The molecule has 6 nitrogen and oxygen atoms in total. The fraction of sp³-hybridized carbons (Fsp3) is 0.421. The first kappa shape index (κ1) is 15.9. The minimum Gasteiger partial charge on any atom is -0.480 e. The summed E-state index contributed by atoms with van der Waals surface area (Å²) in [4.78, 5) is 26.1. The van der Waals surface area contributed by atoms with Crippen molar-refractivity contribution in [2.45, 2.75) is 44.6 Å². The van der Waals surface area contributed by atoms with Crippen LogP contribution in [0.15, 0.2) is 30.3 Å². The Morgan fingerprint density at radius 3 is 2.64 bits per heavy atom. The van der Waals surface area contributed by atoms with Crippen molar-refractivity contribution in [3.05, 3.63) is 47.3 Å². The van der Waals surface area contributed by atoms with Crippen LogP contribution in [0.2, 0.25) is 0 Å². The van der Waals surface area contributed by atoms with E-state index in [0.29, 0.717) is 18.7 Å². The van der Waals surface area contributed by atoms with Crippen LogP contribution in [0, 0.1) is 0 Å². The molecular weight excluding hydrogens is 318 g/mol. The van der Waals surface area contributed by atoms with Crippen molar-refractivity contribution in [1.29, 1.82) is 0 Å². The van der Waals surface area contributed by atoms with E-state index in [2.05, 4.69) is 5.10 Å². The topological polar surface area (TPSA) is 75.4 Å². The van der Waals surface area contributed by atoms with Gasteiger partial charge in [0.15, 0.2) is 5.69 Å². The lowest BCUT2D eigenvalue weighted by molar-refractivity contribution is -0.143. The molecule has 4 rings (SSSR count). The molecule has 2 aliphatic rings. The summed E-state index contributed by atoms with van der Waals surface area (Å²) in [5, 5.41) is 14.1. The minimum absolute atomic E-state index is 0.236. The number of nitrogens with zero attached hydrogens (tertiary/aromatic N) is 3. The second kappa shape index (κ2) is 6.35. The van der Waals surface area contributed by atoms with E-state index in [9.17, 15) is 14.7 Å². The highest BCUT2D eigenvalue weighted by Crippen LogP contribution is 2.30. The predicted octanol–water partition coefficient (Wildman–Crippen LogP) is 2.44. The average molecular weight is 339 g/mol. The van der Waals surface area contributed by atoms with Crippen molar-refractivity contribution >= 4 is 11.9 Å². The zero-order chi connectivity index (χ0) is 17.4. The van der Waals surface area contributed by atoms with E-state index >= 15 is 0 Å². The van der Waals surface area contributed by atoms with Crippen LogP contribution in [0.25, 0.3) is 5.69 Å². The van der Waals surface area contributed by atoms with Gasteiger partial charge in [-0.05, 0) is 50.7 Å². The number of carboxylic acid groups (broad SMARTS) is 1. The van der Waals surface area contributed by atoms with E-state index < -0.39 is 12.0 Å².